The van der Waals surface area contributed by atoms with E-state index in [2.05, 4.69) is 115 Å². The van der Waals surface area contributed by atoms with Crippen LogP contribution in [0.2, 0.25) is 0 Å². The maximum atomic E-state index is 6.61. The standard InChI is InChI=1S/C47H25N3O2/c1-2-9-28-22-29(19-18-26(28)8-1)45-48-46(30-20-21-32-31-12-3-4-16-39(31)51-41(32)23-30)50-47(49-45)35-15-7-17-40-44(35)38-24-36-33-13-5-10-27-11-6-14-34(43(27)33)37(36)25-42(38)52-40/h1-25H. The molecule has 0 atom stereocenters. The molecule has 3 aromatic heterocycles. The summed E-state index contributed by atoms with van der Waals surface area (Å²) in [7, 11) is 0. The van der Waals surface area contributed by atoms with Crippen LogP contribution in [-0.4, -0.2) is 15.0 Å². The molecule has 12 rings (SSSR count). The third-order valence-electron chi connectivity index (χ3n) is 10.6. The first-order valence-corrected chi connectivity index (χ1v) is 17.4. The second-order valence-corrected chi connectivity index (χ2v) is 13.6. The molecule has 1 aliphatic carbocycles. The first-order valence-electron chi connectivity index (χ1n) is 17.4. The van der Waals surface area contributed by atoms with Crippen LogP contribution in [0, 0.1) is 0 Å². The maximum absolute atomic E-state index is 6.61. The summed E-state index contributed by atoms with van der Waals surface area (Å²) in [6, 6.07) is 52.7. The number of hydrogen-bond donors (Lipinski definition) is 0. The Kier molecular flexibility index (Phi) is 5.44. The third kappa shape index (κ3) is 3.90. The van der Waals surface area contributed by atoms with Crippen molar-refractivity contribution in [2.75, 3.05) is 0 Å². The van der Waals surface area contributed by atoms with Crippen molar-refractivity contribution in [3.8, 4) is 56.4 Å². The Morgan fingerprint density at radius 1 is 0.308 bits per heavy atom. The van der Waals surface area contributed by atoms with Crippen molar-refractivity contribution in [3.05, 3.63) is 152 Å². The highest BCUT2D eigenvalue weighted by Crippen LogP contribution is 2.50. The van der Waals surface area contributed by atoms with Gasteiger partial charge in [0.05, 0.1) is 0 Å². The molecular weight excluding hydrogens is 639 g/mol. The van der Waals surface area contributed by atoms with Crippen LogP contribution in [0.15, 0.2) is 160 Å². The topological polar surface area (TPSA) is 65.0 Å². The fraction of sp³-hybridized carbons (Fsp3) is 0. The van der Waals surface area contributed by atoms with Crippen molar-refractivity contribution in [1.82, 2.24) is 15.0 Å². The van der Waals surface area contributed by atoms with E-state index in [4.69, 9.17) is 23.8 Å². The van der Waals surface area contributed by atoms with E-state index in [0.29, 0.717) is 17.5 Å². The largest absolute Gasteiger partial charge is 0.456 e. The molecule has 3 heterocycles. The summed E-state index contributed by atoms with van der Waals surface area (Å²) in [6.45, 7) is 0. The lowest BCUT2D eigenvalue weighted by molar-refractivity contribution is 0.668. The summed E-state index contributed by atoms with van der Waals surface area (Å²) in [5, 5.41) is 8.99. The van der Waals surface area contributed by atoms with Gasteiger partial charge in [0.25, 0.3) is 0 Å². The normalized spacial score (nSPS) is 12.2. The number of hydrogen-bond acceptors (Lipinski definition) is 5. The summed E-state index contributed by atoms with van der Waals surface area (Å²) >= 11 is 0. The lowest BCUT2D eigenvalue weighted by Crippen LogP contribution is -2.00. The average molecular weight is 664 g/mol. The molecule has 0 fully saturated rings. The van der Waals surface area contributed by atoms with Crippen molar-refractivity contribution >= 4 is 65.4 Å². The molecule has 8 aromatic carbocycles. The van der Waals surface area contributed by atoms with E-state index in [1.165, 1.54) is 33.0 Å². The van der Waals surface area contributed by atoms with Gasteiger partial charge in [-0.2, -0.15) is 0 Å². The van der Waals surface area contributed by atoms with Crippen molar-refractivity contribution in [2.24, 2.45) is 0 Å². The Labute approximate surface area is 296 Å². The molecule has 0 bridgehead atoms. The highest BCUT2D eigenvalue weighted by Gasteiger charge is 2.25. The predicted molar refractivity (Wildman–Crippen MR) is 210 cm³/mol. The van der Waals surface area contributed by atoms with Crippen molar-refractivity contribution in [2.45, 2.75) is 0 Å². The van der Waals surface area contributed by atoms with Crippen LogP contribution in [0.3, 0.4) is 0 Å². The fourth-order valence-electron chi connectivity index (χ4n) is 8.24. The lowest BCUT2D eigenvalue weighted by Gasteiger charge is -2.10. The van der Waals surface area contributed by atoms with E-state index in [1.807, 2.05) is 36.4 Å². The van der Waals surface area contributed by atoms with Crippen molar-refractivity contribution in [3.63, 3.8) is 0 Å². The van der Waals surface area contributed by atoms with E-state index < -0.39 is 0 Å². The molecule has 0 saturated carbocycles. The van der Waals surface area contributed by atoms with Crippen LogP contribution in [0.5, 0.6) is 0 Å². The van der Waals surface area contributed by atoms with E-state index in [0.717, 1.165) is 71.3 Å². The van der Waals surface area contributed by atoms with E-state index >= 15 is 0 Å². The van der Waals surface area contributed by atoms with Crippen LogP contribution in [0.1, 0.15) is 0 Å². The number of nitrogens with zero attached hydrogens (tertiary/aromatic N) is 3. The smallest absolute Gasteiger partial charge is 0.164 e. The van der Waals surface area contributed by atoms with Crippen LogP contribution in [-0.2, 0) is 0 Å². The molecular formula is C47H25N3O2. The molecule has 52 heavy (non-hydrogen) atoms. The Morgan fingerprint density at radius 2 is 0.904 bits per heavy atom. The first kappa shape index (κ1) is 27.7. The summed E-state index contributed by atoms with van der Waals surface area (Å²) in [6.07, 6.45) is 0. The Hall–Kier alpha value is -7.11. The Morgan fingerprint density at radius 3 is 1.77 bits per heavy atom. The molecule has 0 spiro atoms. The van der Waals surface area contributed by atoms with E-state index in [-0.39, 0.29) is 0 Å². The quantitative estimate of drug-likeness (QED) is 0.188. The molecule has 0 N–H and O–H groups in total. The molecule has 0 saturated heterocycles. The summed E-state index contributed by atoms with van der Waals surface area (Å²) in [5.74, 6) is 1.75. The zero-order valence-electron chi connectivity index (χ0n) is 27.6. The van der Waals surface area contributed by atoms with Gasteiger partial charge in [-0.15, -0.1) is 0 Å². The summed E-state index contributed by atoms with van der Waals surface area (Å²) < 4.78 is 12.9. The van der Waals surface area contributed by atoms with Crippen molar-refractivity contribution < 1.29 is 8.83 Å². The zero-order valence-corrected chi connectivity index (χ0v) is 27.6. The van der Waals surface area contributed by atoms with Crippen LogP contribution < -0.4 is 0 Å². The highest BCUT2D eigenvalue weighted by atomic mass is 16.3. The monoisotopic (exact) mass is 663 g/mol. The minimum atomic E-state index is 0.573. The van der Waals surface area contributed by atoms with Gasteiger partial charge in [-0.1, -0.05) is 109 Å². The second-order valence-electron chi connectivity index (χ2n) is 13.6. The number of para-hydroxylation sites is 1. The Bertz CT molecular complexity index is 3310. The Balaban J connectivity index is 1.10. The number of aromatic nitrogens is 3. The lowest BCUT2D eigenvalue weighted by atomic mass is 9.99. The summed E-state index contributed by atoms with van der Waals surface area (Å²) in [5.41, 5.74) is 10.8. The van der Waals surface area contributed by atoms with Gasteiger partial charge in [0.2, 0.25) is 0 Å². The second kappa shape index (κ2) is 10.2. The van der Waals surface area contributed by atoms with Gasteiger partial charge in [0.15, 0.2) is 17.5 Å². The van der Waals surface area contributed by atoms with Gasteiger partial charge in [-0.25, -0.2) is 15.0 Å². The first-order chi connectivity index (χ1) is 25.7. The number of fused-ring (bicyclic) bond motifs is 10. The molecule has 11 aromatic rings. The van der Waals surface area contributed by atoms with Crippen LogP contribution in [0.4, 0.5) is 0 Å². The summed E-state index contributed by atoms with van der Waals surface area (Å²) in [4.78, 5) is 15.5. The van der Waals surface area contributed by atoms with Gasteiger partial charge in [-0.3, -0.25) is 0 Å². The zero-order chi connectivity index (χ0) is 33.9. The maximum Gasteiger partial charge on any atom is 0.164 e. The van der Waals surface area contributed by atoms with Crippen molar-refractivity contribution in [1.29, 1.82) is 0 Å². The third-order valence-corrected chi connectivity index (χ3v) is 10.6. The molecule has 240 valence electrons. The van der Waals surface area contributed by atoms with E-state index in [1.54, 1.807) is 0 Å². The minimum absolute atomic E-state index is 0.573. The minimum Gasteiger partial charge on any atom is -0.456 e. The number of rotatable bonds is 3. The highest BCUT2D eigenvalue weighted by molar-refractivity contribution is 6.20. The molecule has 5 heteroatoms. The van der Waals surface area contributed by atoms with E-state index in [9.17, 15) is 0 Å². The SMILES string of the molecule is c1ccc2cc(-c3nc(-c4ccc5c(c4)oc4ccccc45)nc(-c4cccc5oc6cc7c(cc6c45)-c4cccc5cccc-7c45)n3)ccc2c1. The van der Waals surface area contributed by atoms with Gasteiger partial charge in [0, 0.05) is 38.2 Å². The predicted octanol–water partition coefficient (Wildman–Crippen LogP) is 12.6. The number of furan rings is 2. The molecule has 0 amide bonds. The van der Waals surface area contributed by atoms with Crippen LogP contribution in [0.25, 0.3) is 122 Å². The molecule has 0 radical (unpaired) electrons. The van der Waals surface area contributed by atoms with Crippen LogP contribution >= 0.6 is 0 Å². The number of benzene rings is 8. The van der Waals surface area contributed by atoms with Gasteiger partial charge in [0.1, 0.15) is 22.3 Å². The molecule has 5 nitrogen and oxygen atoms in total. The molecule has 0 aliphatic heterocycles. The molecule has 0 unspecified atom stereocenters. The molecule has 1 aliphatic rings. The van der Waals surface area contributed by atoms with Gasteiger partial charge in [-0.05, 0) is 86.3 Å². The average Bonchev–Trinajstić information content (AvgIpc) is 3.86. The van der Waals surface area contributed by atoms with Gasteiger partial charge >= 0.3 is 0 Å². The van der Waals surface area contributed by atoms with Gasteiger partial charge < -0.3 is 8.83 Å². The fourth-order valence-corrected chi connectivity index (χ4v) is 8.24.